The van der Waals surface area contributed by atoms with Crippen molar-refractivity contribution in [3.63, 3.8) is 0 Å². The molecular weight excluding hydrogens is 598 g/mol. The Labute approximate surface area is 253 Å². The van der Waals surface area contributed by atoms with E-state index in [-0.39, 0.29) is 16.5 Å². The highest BCUT2D eigenvalue weighted by Gasteiger charge is 2.47. The normalized spacial score (nSPS) is 15.1. The van der Waals surface area contributed by atoms with E-state index in [2.05, 4.69) is 10.2 Å². The van der Waals surface area contributed by atoms with E-state index in [1.807, 2.05) is 36.4 Å². The summed E-state index contributed by atoms with van der Waals surface area (Å²) < 4.78 is 17.3. The van der Waals surface area contributed by atoms with Crippen LogP contribution in [0.15, 0.2) is 92.9 Å². The van der Waals surface area contributed by atoms with Gasteiger partial charge in [0.05, 0.1) is 25.8 Å². The van der Waals surface area contributed by atoms with Crippen molar-refractivity contribution in [2.45, 2.75) is 16.1 Å². The first kappa shape index (κ1) is 27.8. The number of benzene rings is 3. The van der Waals surface area contributed by atoms with Gasteiger partial charge in [0.15, 0.2) is 27.4 Å². The van der Waals surface area contributed by atoms with Crippen LogP contribution in [0.25, 0.3) is 11.0 Å². The molecule has 0 fully saturated rings. The van der Waals surface area contributed by atoms with Crippen LogP contribution in [0.3, 0.4) is 0 Å². The number of methoxy groups -OCH3 is 2. The van der Waals surface area contributed by atoms with Gasteiger partial charge in [-0.2, -0.15) is 0 Å². The minimum Gasteiger partial charge on any atom is -0.503 e. The Kier molecular flexibility index (Phi) is 7.63. The number of amides is 1. The number of anilines is 1. The fourth-order valence-corrected chi connectivity index (χ4v) is 6.63. The van der Waals surface area contributed by atoms with Crippen LogP contribution in [0.1, 0.15) is 27.7 Å². The van der Waals surface area contributed by atoms with Gasteiger partial charge in [-0.1, -0.05) is 71.1 Å². The maximum Gasteiger partial charge on any atom is 0.296 e. The number of aliphatic hydroxyl groups is 1. The predicted molar refractivity (Wildman–Crippen MR) is 161 cm³/mol. The van der Waals surface area contributed by atoms with Crippen molar-refractivity contribution in [3.05, 3.63) is 106 Å². The van der Waals surface area contributed by atoms with Crippen LogP contribution >= 0.6 is 34.7 Å². The Bertz CT molecular complexity index is 1820. The molecule has 1 aliphatic rings. The van der Waals surface area contributed by atoms with Crippen molar-refractivity contribution in [2.75, 3.05) is 19.1 Å². The molecule has 0 saturated carbocycles. The van der Waals surface area contributed by atoms with E-state index in [4.69, 9.17) is 25.5 Å². The highest BCUT2D eigenvalue weighted by atomic mass is 35.5. The molecule has 3 aromatic carbocycles. The smallest absolute Gasteiger partial charge is 0.296 e. The largest absolute Gasteiger partial charge is 0.503 e. The van der Waals surface area contributed by atoms with Crippen LogP contribution in [0.2, 0.25) is 5.02 Å². The zero-order chi connectivity index (χ0) is 29.4. The van der Waals surface area contributed by atoms with Gasteiger partial charge in [0.2, 0.25) is 10.9 Å². The van der Waals surface area contributed by atoms with Crippen LogP contribution in [-0.2, 0) is 10.5 Å². The lowest BCUT2D eigenvalue weighted by atomic mass is 9.95. The van der Waals surface area contributed by atoms with Crippen LogP contribution < -0.4 is 14.4 Å². The van der Waals surface area contributed by atoms with E-state index in [1.54, 1.807) is 36.4 Å². The van der Waals surface area contributed by atoms with E-state index in [0.717, 1.165) is 10.9 Å². The third-order valence-electron chi connectivity index (χ3n) is 6.70. The van der Waals surface area contributed by atoms with Crippen molar-refractivity contribution >= 4 is 62.5 Å². The van der Waals surface area contributed by atoms with Crippen LogP contribution in [-0.4, -0.2) is 41.2 Å². The molecule has 3 heterocycles. The standard InChI is InChI=1S/C30H22ClN3O6S2/c1-38-21-12-9-18(14-22(21)39-2)25-24(26(35)23-13-17-5-3-4-6-20(17)40-23)27(36)28(37)34(25)29-32-33-30(42-29)41-15-16-7-10-19(31)11-8-16/h3-14,25,36H,15H2,1-2H3. The summed E-state index contributed by atoms with van der Waals surface area (Å²) in [6, 6.07) is 20.2. The third-order valence-corrected chi connectivity index (χ3v) is 9.08. The molecule has 2 aromatic heterocycles. The van der Waals surface area contributed by atoms with Crippen molar-refractivity contribution in [2.24, 2.45) is 0 Å². The summed E-state index contributed by atoms with van der Waals surface area (Å²) in [5.41, 5.74) is 1.91. The summed E-state index contributed by atoms with van der Waals surface area (Å²) in [7, 11) is 3.00. The second-order valence-electron chi connectivity index (χ2n) is 9.20. The minimum absolute atomic E-state index is 0.00523. The third kappa shape index (κ3) is 5.11. The van der Waals surface area contributed by atoms with Gasteiger partial charge in [-0.05, 0) is 47.5 Å². The molecule has 9 nitrogen and oxygen atoms in total. The number of fused-ring (bicyclic) bond motifs is 1. The molecule has 0 spiro atoms. The lowest BCUT2D eigenvalue weighted by molar-refractivity contribution is -0.117. The van der Waals surface area contributed by atoms with Gasteiger partial charge >= 0.3 is 0 Å². The van der Waals surface area contributed by atoms with Crippen molar-refractivity contribution in [3.8, 4) is 11.5 Å². The second kappa shape index (κ2) is 11.5. The highest BCUT2D eigenvalue weighted by molar-refractivity contribution is 8.00. The number of ether oxygens (including phenoxy) is 2. The molecule has 1 atom stereocenters. The molecular formula is C30H22ClN3O6S2. The molecule has 0 radical (unpaired) electrons. The Hall–Kier alpha value is -4.32. The fourth-order valence-electron chi connectivity index (χ4n) is 4.68. The molecule has 1 amide bonds. The maximum atomic E-state index is 13.9. The lowest BCUT2D eigenvalue weighted by Gasteiger charge is -2.24. The first-order valence-corrected chi connectivity index (χ1v) is 14.8. The molecule has 212 valence electrons. The number of carbonyl (C=O) groups is 2. The van der Waals surface area contributed by atoms with Crippen LogP contribution in [0, 0.1) is 0 Å². The van der Waals surface area contributed by atoms with E-state index in [1.165, 1.54) is 42.2 Å². The maximum absolute atomic E-state index is 13.9. The van der Waals surface area contributed by atoms with E-state index < -0.39 is 23.5 Å². The summed E-state index contributed by atoms with van der Waals surface area (Å²) >= 11 is 8.61. The van der Waals surface area contributed by atoms with E-state index >= 15 is 0 Å². The Morgan fingerprint density at radius 2 is 1.81 bits per heavy atom. The highest BCUT2D eigenvalue weighted by Crippen LogP contribution is 2.45. The van der Waals surface area contributed by atoms with Gasteiger partial charge in [0.25, 0.3) is 5.91 Å². The van der Waals surface area contributed by atoms with Crippen molar-refractivity contribution in [1.82, 2.24) is 10.2 Å². The summed E-state index contributed by atoms with van der Waals surface area (Å²) in [5, 5.41) is 21.3. The number of Topliss-reactive ketones (excluding diaryl/α,β-unsaturated/α-hetero) is 1. The van der Waals surface area contributed by atoms with Gasteiger partial charge in [-0.25, -0.2) is 0 Å². The molecule has 1 aliphatic heterocycles. The number of nitrogens with zero attached hydrogens (tertiary/aromatic N) is 3. The monoisotopic (exact) mass is 619 g/mol. The molecule has 42 heavy (non-hydrogen) atoms. The quantitative estimate of drug-likeness (QED) is 0.105. The topological polar surface area (TPSA) is 115 Å². The lowest BCUT2D eigenvalue weighted by Crippen LogP contribution is -2.31. The number of rotatable bonds is 9. The van der Waals surface area contributed by atoms with Gasteiger partial charge in [0.1, 0.15) is 5.58 Å². The number of ketones is 1. The summed E-state index contributed by atoms with van der Waals surface area (Å²) in [5.74, 6) is -0.632. The van der Waals surface area contributed by atoms with Crippen molar-refractivity contribution in [1.29, 1.82) is 0 Å². The number of aliphatic hydroxyl groups excluding tert-OH is 1. The van der Waals surface area contributed by atoms with Crippen molar-refractivity contribution < 1.29 is 28.6 Å². The van der Waals surface area contributed by atoms with Gasteiger partial charge in [-0.15, -0.1) is 10.2 Å². The number of para-hydroxylation sites is 1. The predicted octanol–water partition coefficient (Wildman–Crippen LogP) is 7.03. The number of aromatic nitrogens is 2. The number of halogens is 1. The molecule has 6 rings (SSSR count). The zero-order valence-corrected chi connectivity index (χ0v) is 24.6. The van der Waals surface area contributed by atoms with Gasteiger partial charge < -0.3 is 19.0 Å². The van der Waals surface area contributed by atoms with E-state index in [0.29, 0.717) is 37.8 Å². The molecule has 12 heteroatoms. The SMILES string of the molecule is COc1ccc(C2C(C(=O)c3cc4ccccc4o3)=C(O)C(=O)N2c2nnc(SCc3ccc(Cl)cc3)s2)cc1OC. The number of hydrogen-bond acceptors (Lipinski definition) is 10. The number of carbonyl (C=O) groups excluding carboxylic acids is 2. The summed E-state index contributed by atoms with van der Waals surface area (Å²) in [4.78, 5) is 28.8. The fraction of sp³-hybridized carbons (Fsp3) is 0.133. The first-order valence-electron chi connectivity index (χ1n) is 12.6. The van der Waals surface area contributed by atoms with E-state index in [9.17, 15) is 14.7 Å². The number of thioether (sulfide) groups is 1. The summed E-state index contributed by atoms with van der Waals surface area (Å²) in [6.07, 6.45) is 0. The molecule has 1 unspecified atom stereocenters. The molecule has 5 aromatic rings. The van der Waals surface area contributed by atoms with Crippen LogP contribution in [0.4, 0.5) is 5.13 Å². The average Bonchev–Trinajstić information content (AvgIpc) is 3.72. The second-order valence-corrected chi connectivity index (χ2v) is 11.8. The molecule has 1 N–H and O–H groups in total. The molecule has 0 saturated heterocycles. The van der Waals surface area contributed by atoms with Crippen LogP contribution in [0.5, 0.6) is 11.5 Å². The summed E-state index contributed by atoms with van der Waals surface area (Å²) in [6.45, 7) is 0. The number of furan rings is 1. The first-order chi connectivity index (χ1) is 20.4. The van der Waals surface area contributed by atoms with Gasteiger partial charge in [0, 0.05) is 16.2 Å². The molecule has 0 aliphatic carbocycles. The zero-order valence-electron chi connectivity index (χ0n) is 22.2. The molecule has 0 bridgehead atoms. The minimum atomic E-state index is -1.04. The number of hydrogen-bond donors (Lipinski definition) is 1. The Morgan fingerprint density at radius 3 is 2.55 bits per heavy atom. The van der Waals surface area contributed by atoms with Gasteiger partial charge in [-0.3, -0.25) is 14.5 Å². The Morgan fingerprint density at radius 1 is 1.05 bits per heavy atom. The average molecular weight is 620 g/mol. The Balaban J connectivity index is 1.39.